The van der Waals surface area contributed by atoms with E-state index in [1.165, 1.54) is 0 Å². The highest BCUT2D eigenvalue weighted by molar-refractivity contribution is 5.56. The summed E-state index contributed by atoms with van der Waals surface area (Å²) in [6, 6.07) is 36.1. The van der Waals surface area contributed by atoms with E-state index in [9.17, 15) is 0 Å². The predicted molar refractivity (Wildman–Crippen MR) is 154 cm³/mol. The molecule has 5 nitrogen and oxygen atoms in total. The average molecular weight is 525 g/mol. The van der Waals surface area contributed by atoms with E-state index in [2.05, 4.69) is 18.7 Å². The van der Waals surface area contributed by atoms with Crippen molar-refractivity contribution in [3.63, 3.8) is 0 Å². The van der Waals surface area contributed by atoms with Gasteiger partial charge in [-0.05, 0) is 23.3 Å². The normalized spacial score (nSPS) is 12.1. The molecule has 0 bridgehead atoms. The molecule has 4 rings (SSSR count). The molecule has 0 amide bonds. The second-order valence-corrected chi connectivity index (χ2v) is 9.00. The van der Waals surface area contributed by atoms with E-state index in [4.69, 9.17) is 23.7 Å². The van der Waals surface area contributed by atoms with Crippen molar-refractivity contribution in [2.75, 3.05) is 34.0 Å². The zero-order valence-electron chi connectivity index (χ0n) is 22.6. The fourth-order valence-electron chi connectivity index (χ4n) is 4.67. The molecule has 0 aliphatic rings. The Morgan fingerprint density at radius 2 is 1.23 bits per heavy atom. The van der Waals surface area contributed by atoms with Crippen molar-refractivity contribution in [1.29, 1.82) is 0 Å². The topological polar surface area (TPSA) is 46.2 Å². The summed E-state index contributed by atoms with van der Waals surface area (Å²) in [5.41, 5.74) is 2.67. The summed E-state index contributed by atoms with van der Waals surface area (Å²) >= 11 is 0. The molecule has 0 spiro atoms. The first-order valence-corrected chi connectivity index (χ1v) is 13.0. The summed E-state index contributed by atoms with van der Waals surface area (Å²) in [4.78, 5) is 0. The van der Waals surface area contributed by atoms with Crippen LogP contribution in [-0.4, -0.2) is 40.1 Å². The predicted octanol–water partition coefficient (Wildman–Crippen LogP) is 6.80. The van der Waals surface area contributed by atoms with Gasteiger partial charge in [-0.25, -0.2) is 0 Å². The molecule has 0 aliphatic heterocycles. The second kappa shape index (κ2) is 14.3. The quantitative estimate of drug-likeness (QED) is 0.0972. The van der Waals surface area contributed by atoms with Crippen LogP contribution in [0, 0.1) is 0 Å². The maximum Gasteiger partial charge on any atom is 0.150 e. The van der Waals surface area contributed by atoms with E-state index in [0.29, 0.717) is 31.3 Å². The Balaban J connectivity index is 1.80. The van der Waals surface area contributed by atoms with E-state index < -0.39 is 5.60 Å². The zero-order chi connectivity index (χ0) is 27.3. The number of hydrogen-bond acceptors (Lipinski definition) is 5. The van der Waals surface area contributed by atoms with Crippen LogP contribution in [0.5, 0.6) is 11.5 Å². The summed E-state index contributed by atoms with van der Waals surface area (Å²) in [5.74, 6) is 1.41. The van der Waals surface area contributed by atoms with E-state index in [1.54, 1.807) is 20.3 Å². The highest BCUT2D eigenvalue weighted by Gasteiger charge is 2.42. The molecule has 5 heteroatoms. The molecular formula is C34H36O5. The van der Waals surface area contributed by atoms with Gasteiger partial charge < -0.3 is 23.7 Å². The molecule has 0 saturated heterocycles. The molecule has 202 valence electrons. The molecule has 39 heavy (non-hydrogen) atoms. The van der Waals surface area contributed by atoms with Crippen molar-refractivity contribution in [3.05, 3.63) is 144 Å². The standard InChI is InChI=1S/C34H36O5/c1-4-23-37-25-29(38-24-27-15-7-5-8-16-27)26-39-34(28-17-9-6-10-18-28,30-19-11-13-21-32(30)35-2)31-20-12-14-22-33(31)36-3/h4-22,29H,1,23-26H2,2-3H3/t29-/m1/s1. The van der Waals surface area contributed by atoms with Crippen LogP contribution in [-0.2, 0) is 26.4 Å². The third kappa shape index (κ3) is 6.76. The molecule has 0 aromatic heterocycles. The average Bonchev–Trinajstić information content (AvgIpc) is 3.01. The first-order chi connectivity index (χ1) is 19.2. The second-order valence-electron chi connectivity index (χ2n) is 9.00. The lowest BCUT2D eigenvalue weighted by Crippen LogP contribution is -2.38. The third-order valence-electron chi connectivity index (χ3n) is 6.51. The minimum atomic E-state index is -1.06. The number of hydrogen-bond donors (Lipinski definition) is 0. The van der Waals surface area contributed by atoms with Crippen molar-refractivity contribution in [2.24, 2.45) is 0 Å². The fourth-order valence-corrected chi connectivity index (χ4v) is 4.67. The van der Waals surface area contributed by atoms with Crippen LogP contribution in [0.1, 0.15) is 22.3 Å². The van der Waals surface area contributed by atoms with Gasteiger partial charge in [0.25, 0.3) is 0 Å². The first-order valence-electron chi connectivity index (χ1n) is 13.0. The Hall–Kier alpha value is -3.90. The Bertz CT molecular complexity index is 1240. The van der Waals surface area contributed by atoms with Crippen LogP contribution in [0.25, 0.3) is 0 Å². The van der Waals surface area contributed by atoms with Crippen LogP contribution in [0.2, 0.25) is 0 Å². The van der Waals surface area contributed by atoms with Gasteiger partial charge in [-0.2, -0.15) is 0 Å². The number of benzene rings is 4. The number of methoxy groups -OCH3 is 2. The Kier molecular flexibility index (Phi) is 10.3. The molecule has 0 saturated carbocycles. The van der Waals surface area contributed by atoms with Crippen molar-refractivity contribution in [3.8, 4) is 11.5 Å². The highest BCUT2D eigenvalue weighted by Crippen LogP contribution is 2.47. The minimum absolute atomic E-state index is 0.245. The Morgan fingerprint density at radius 1 is 0.692 bits per heavy atom. The van der Waals surface area contributed by atoms with Gasteiger partial charge in [0.1, 0.15) is 17.6 Å². The van der Waals surface area contributed by atoms with E-state index >= 15 is 0 Å². The van der Waals surface area contributed by atoms with Gasteiger partial charge in [0.2, 0.25) is 0 Å². The highest BCUT2D eigenvalue weighted by atomic mass is 16.6. The lowest BCUT2D eigenvalue weighted by atomic mass is 9.79. The molecular weight excluding hydrogens is 488 g/mol. The van der Waals surface area contributed by atoms with E-state index in [1.807, 2.05) is 97.1 Å². The van der Waals surface area contributed by atoms with Crippen molar-refractivity contribution in [1.82, 2.24) is 0 Å². The molecule has 1 atom stereocenters. The zero-order valence-corrected chi connectivity index (χ0v) is 22.6. The van der Waals surface area contributed by atoms with Gasteiger partial charge >= 0.3 is 0 Å². The van der Waals surface area contributed by atoms with E-state index in [-0.39, 0.29) is 12.7 Å². The number of rotatable bonds is 15. The van der Waals surface area contributed by atoms with Crippen LogP contribution in [0.3, 0.4) is 0 Å². The van der Waals surface area contributed by atoms with Crippen molar-refractivity contribution in [2.45, 2.75) is 18.3 Å². The van der Waals surface area contributed by atoms with Crippen LogP contribution >= 0.6 is 0 Å². The largest absolute Gasteiger partial charge is 0.496 e. The molecule has 0 N–H and O–H groups in total. The van der Waals surface area contributed by atoms with Gasteiger partial charge in [-0.15, -0.1) is 6.58 Å². The van der Waals surface area contributed by atoms with Crippen LogP contribution < -0.4 is 9.47 Å². The van der Waals surface area contributed by atoms with Crippen LogP contribution in [0.4, 0.5) is 0 Å². The molecule has 4 aromatic rings. The minimum Gasteiger partial charge on any atom is -0.496 e. The van der Waals surface area contributed by atoms with Crippen molar-refractivity contribution < 1.29 is 23.7 Å². The van der Waals surface area contributed by atoms with Crippen LogP contribution in [0.15, 0.2) is 122 Å². The van der Waals surface area contributed by atoms with Gasteiger partial charge in [0, 0.05) is 11.1 Å². The summed E-state index contributed by atoms with van der Waals surface area (Å²) < 4.78 is 31.0. The molecule has 4 aromatic carbocycles. The molecule has 0 fully saturated rings. The smallest absolute Gasteiger partial charge is 0.150 e. The van der Waals surface area contributed by atoms with E-state index in [0.717, 1.165) is 22.3 Å². The Morgan fingerprint density at radius 3 is 1.79 bits per heavy atom. The lowest BCUT2D eigenvalue weighted by Gasteiger charge is -2.38. The monoisotopic (exact) mass is 524 g/mol. The van der Waals surface area contributed by atoms with Gasteiger partial charge in [0.05, 0.1) is 40.6 Å². The van der Waals surface area contributed by atoms with Crippen molar-refractivity contribution >= 4 is 0 Å². The SMILES string of the molecule is C=CCOC[C@H](COC(c1ccccc1)(c1ccccc1OC)c1ccccc1OC)OCc1ccccc1. The molecule has 0 heterocycles. The first kappa shape index (κ1) is 28.1. The molecule has 0 radical (unpaired) electrons. The lowest BCUT2D eigenvalue weighted by molar-refractivity contribution is -0.0949. The summed E-state index contributed by atoms with van der Waals surface area (Å²) in [6.07, 6.45) is 1.38. The summed E-state index contributed by atoms with van der Waals surface area (Å²) in [5, 5.41) is 0. The molecule has 0 aliphatic carbocycles. The van der Waals surface area contributed by atoms with Gasteiger partial charge in [0.15, 0.2) is 5.60 Å². The maximum atomic E-state index is 7.06. The number of ether oxygens (including phenoxy) is 5. The Labute approximate surface area is 231 Å². The third-order valence-corrected chi connectivity index (χ3v) is 6.51. The molecule has 0 unspecified atom stereocenters. The maximum absolute atomic E-state index is 7.06. The van der Waals surface area contributed by atoms with Gasteiger partial charge in [-0.3, -0.25) is 0 Å². The fraction of sp³-hybridized carbons (Fsp3) is 0.235. The summed E-state index contributed by atoms with van der Waals surface area (Å²) in [6.45, 7) is 5.23. The summed E-state index contributed by atoms with van der Waals surface area (Å²) in [7, 11) is 3.34. The van der Waals surface area contributed by atoms with Gasteiger partial charge in [-0.1, -0.05) is 103 Å². The number of para-hydroxylation sites is 2.